The van der Waals surface area contributed by atoms with E-state index in [2.05, 4.69) is 4.98 Å². The summed E-state index contributed by atoms with van der Waals surface area (Å²) in [5, 5.41) is 1.97. The highest BCUT2D eigenvalue weighted by atomic mass is 16.5. The normalized spacial score (nSPS) is 18.3. The van der Waals surface area contributed by atoms with Gasteiger partial charge in [-0.1, -0.05) is 43.9 Å². The average molecular weight is 283 g/mol. The second kappa shape index (κ2) is 5.94. The number of fused-ring (bicyclic) bond motifs is 1. The van der Waals surface area contributed by atoms with Crippen LogP contribution in [0.5, 0.6) is 0 Å². The molecule has 2 aromatic rings. The fourth-order valence-corrected chi connectivity index (χ4v) is 3.39. The number of ether oxygens (including phenoxy) is 1. The van der Waals surface area contributed by atoms with Crippen molar-refractivity contribution in [2.24, 2.45) is 0 Å². The highest BCUT2D eigenvalue weighted by Crippen LogP contribution is 2.34. The van der Waals surface area contributed by atoms with E-state index in [-0.39, 0.29) is 5.78 Å². The van der Waals surface area contributed by atoms with Gasteiger partial charge in [0.1, 0.15) is 5.60 Å². The number of carbonyl (C=O) groups excluding carboxylic acids is 1. The minimum absolute atomic E-state index is 0.128. The van der Waals surface area contributed by atoms with Gasteiger partial charge < -0.3 is 4.74 Å². The first-order chi connectivity index (χ1) is 10.3. The summed E-state index contributed by atoms with van der Waals surface area (Å²) in [6, 6.07) is 7.75. The Bertz CT molecular complexity index is 637. The van der Waals surface area contributed by atoms with Gasteiger partial charge in [-0.2, -0.15) is 0 Å². The predicted molar refractivity (Wildman–Crippen MR) is 83.5 cm³/mol. The van der Waals surface area contributed by atoms with Crippen molar-refractivity contribution in [2.45, 2.75) is 44.1 Å². The fourth-order valence-electron chi connectivity index (χ4n) is 3.39. The molecule has 0 spiro atoms. The standard InChI is InChI=1S/C18H21NO2/c1-21-18(10-4-2-3-5-11-18)17(20)16-8-6-7-14-13-19-12-9-15(14)16/h6-9,12-13H,2-5,10-11H2,1H3. The van der Waals surface area contributed by atoms with Crippen LogP contribution < -0.4 is 0 Å². The molecule has 3 rings (SSSR count). The van der Waals surface area contributed by atoms with Crippen LogP contribution in [0, 0.1) is 0 Å². The Morgan fingerprint density at radius 2 is 1.90 bits per heavy atom. The largest absolute Gasteiger partial charge is 0.370 e. The van der Waals surface area contributed by atoms with Gasteiger partial charge in [-0.3, -0.25) is 9.78 Å². The molecule has 0 saturated heterocycles. The molecule has 0 aliphatic heterocycles. The number of hydrogen-bond donors (Lipinski definition) is 0. The van der Waals surface area contributed by atoms with Crippen LogP contribution in [0.25, 0.3) is 10.8 Å². The lowest BCUT2D eigenvalue weighted by Crippen LogP contribution is -2.40. The van der Waals surface area contributed by atoms with Crippen LogP contribution in [-0.2, 0) is 4.74 Å². The summed E-state index contributed by atoms with van der Waals surface area (Å²) in [6.45, 7) is 0. The molecule has 0 N–H and O–H groups in total. The highest BCUT2D eigenvalue weighted by Gasteiger charge is 2.39. The van der Waals surface area contributed by atoms with E-state index in [1.54, 1.807) is 19.5 Å². The third-order valence-electron chi connectivity index (χ3n) is 4.64. The van der Waals surface area contributed by atoms with Crippen molar-refractivity contribution >= 4 is 16.6 Å². The maximum atomic E-state index is 13.2. The second-order valence-electron chi connectivity index (χ2n) is 5.84. The molecule has 1 aliphatic rings. The van der Waals surface area contributed by atoms with Gasteiger partial charge in [0.2, 0.25) is 0 Å². The van der Waals surface area contributed by atoms with E-state index in [0.717, 1.165) is 42.0 Å². The van der Waals surface area contributed by atoms with Crippen molar-refractivity contribution in [1.82, 2.24) is 4.98 Å². The predicted octanol–water partition coefficient (Wildman–Crippen LogP) is 4.16. The number of rotatable bonds is 3. The smallest absolute Gasteiger partial charge is 0.195 e. The molecule has 0 radical (unpaired) electrons. The van der Waals surface area contributed by atoms with Gasteiger partial charge in [-0.25, -0.2) is 0 Å². The fraction of sp³-hybridized carbons (Fsp3) is 0.444. The van der Waals surface area contributed by atoms with Crippen LogP contribution >= 0.6 is 0 Å². The number of aromatic nitrogens is 1. The summed E-state index contributed by atoms with van der Waals surface area (Å²) < 4.78 is 5.76. The molecule has 1 saturated carbocycles. The molecule has 0 amide bonds. The minimum atomic E-state index is -0.645. The number of Topliss-reactive ketones (excluding diaryl/α,β-unsaturated/α-hetero) is 1. The topological polar surface area (TPSA) is 39.2 Å². The number of methoxy groups -OCH3 is 1. The molecule has 1 aromatic heterocycles. The lowest BCUT2D eigenvalue weighted by atomic mass is 9.84. The van der Waals surface area contributed by atoms with Gasteiger partial charge in [-0.05, 0) is 24.3 Å². The molecule has 3 nitrogen and oxygen atoms in total. The Labute approximate surface area is 125 Å². The monoisotopic (exact) mass is 283 g/mol. The van der Waals surface area contributed by atoms with Gasteiger partial charge in [0.25, 0.3) is 0 Å². The van der Waals surface area contributed by atoms with E-state index in [4.69, 9.17) is 4.74 Å². The molecular weight excluding hydrogens is 262 g/mol. The van der Waals surface area contributed by atoms with Crippen molar-refractivity contribution in [2.75, 3.05) is 7.11 Å². The van der Waals surface area contributed by atoms with Crippen molar-refractivity contribution in [3.63, 3.8) is 0 Å². The third kappa shape index (κ3) is 2.58. The summed E-state index contributed by atoms with van der Waals surface area (Å²) in [5.74, 6) is 0.128. The molecular formula is C18H21NO2. The van der Waals surface area contributed by atoms with Crippen LogP contribution in [0.4, 0.5) is 0 Å². The van der Waals surface area contributed by atoms with Crippen LogP contribution in [0.2, 0.25) is 0 Å². The third-order valence-corrected chi connectivity index (χ3v) is 4.64. The molecule has 21 heavy (non-hydrogen) atoms. The summed E-state index contributed by atoms with van der Waals surface area (Å²) in [5.41, 5.74) is 0.118. The molecule has 110 valence electrons. The molecule has 1 aliphatic carbocycles. The van der Waals surface area contributed by atoms with Crippen molar-refractivity contribution in [3.8, 4) is 0 Å². The first-order valence-electron chi connectivity index (χ1n) is 7.69. The van der Waals surface area contributed by atoms with Gasteiger partial charge in [0.05, 0.1) is 0 Å². The quantitative estimate of drug-likeness (QED) is 0.627. The Morgan fingerprint density at radius 3 is 2.62 bits per heavy atom. The first-order valence-corrected chi connectivity index (χ1v) is 7.69. The van der Waals surface area contributed by atoms with Crippen LogP contribution in [0.1, 0.15) is 48.9 Å². The van der Waals surface area contributed by atoms with Gasteiger partial charge >= 0.3 is 0 Å². The van der Waals surface area contributed by atoms with Crippen LogP contribution in [0.15, 0.2) is 36.7 Å². The summed E-state index contributed by atoms with van der Waals surface area (Å²) in [6.07, 6.45) is 9.70. The zero-order valence-electron chi connectivity index (χ0n) is 12.5. The zero-order valence-corrected chi connectivity index (χ0v) is 12.5. The summed E-state index contributed by atoms with van der Waals surface area (Å²) >= 11 is 0. The second-order valence-corrected chi connectivity index (χ2v) is 5.84. The molecule has 1 fully saturated rings. The van der Waals surface area contributed by atoms with E-state index in [0.29, 0.717) is 0 Å². The van der Waals surface area contributed by atoms with E-state index in [1.807, 2.05) is 24.3 Å². The molecule has 1 heterocycles. The number of benzene rings is 1. The van der Waals surface area contributed by atoms with Crippen LogP contribution in [0.3, 0.4) is 0 Å². The average Bonchev–Trinajstić information content (AvgIpc) is 2.80. The number of hydrogen-bond acceptors (Lipinski definition) is 3. The van der Waals surface area contributed by atoms with E-state index >= 15 is 0 Å². The number of nitrogens with zero attached hydrogens (tertiary/aromatic N) is 1. The lowest BCUT2D eigenvalue weighted by Gasteiger charge is -2.30. The molecule has 0 atom stereocenters. The van der Waals surface area contributed by atoms with Crippen LogP contribution in [-0.4, -0.2) is 23.5 Å². The van der Waals surface area contributed by atoms with Crippen molar-refractivity contribution in [1.29, 1.82) is 0 Å². The Balaban J connectivity index is 2.06. The zero-order chi connectivity index (χ0) is 14.7. The van der Waals surface area contributed by atoms with Crippen molar-refractivity contribution in [3.05, 3.63) is 42.2 Å². The van der Waals surface area contributed by atoms with Crippen molar-refractivity contribution < 1.29 is 9.53 Å². The Kier molecular flexibility index (Phi) is 4.02. The molecule has 0 unspecified atom stereocenters. The highest BCUT2D eigenvalue weighted by molar-refractivity contribution is 6.11. The minimum Gasteiger partial charge on any atom is -0.370 e. The first kappa shape index (κ1) is 14.2. The Morgan fingerprint density at radius 1 is 1.14 bits per heavy atom. The van der Waals surface area contributed by atoms with Gasteiger partial charge in [0.15, 0.2) is 5.78 Å². The number of pyridine rings is 1. The summed E-state index contributed by atoms with van der Waals surface area (Å²) in [7, 11) is 1.68. The maximum absolute atomic E-state index is 13.2. The van der Waals surface area contributed by atoms with E-state index < -0.39 is 5.60 Å². The van der Waals surface area contributed by atoms with E-state index in [1.165, 1.54) is 12.8 Å². The SMILES string of the molecule is COC1(C(=O)c2cccc3cnccc23)CCCCCC1. The molecule has 3 heteroatoms. The molecule has 1 aromatic carbocycles. The molecule has 0 bridgehead atoms. The summed E-state index contributed by atoms with van der Waals surface area (Å²) in [4.78, 5) is 17.3. The maximum Gasteiger partial charge on any atom is 0.195 e. The number of ketones is 1. The Hall–Kier alpha value is -1.74. The van der Waals surface area contributed by atoms with Gasteiger partial charge in [0, 0.05) is 30.5 Å². The van der Waals surface area contributed by atoms with Gasteiger partial charge in [-0.15, -0.1) is 0 Å². The van der Waals surface area contributed by atoms with E-state index in [9.17, 15) is 4.79 Å². The number of carbonyl (C=O) groups is 1. The lowest BCUT2D eigenvalue weighted by molar-refractivity contribution is -0.00678.